The van der Waals surface area contributed by atoms with Crippen LogP contribution in [0.4, 0.5) is 0 Å². The van der Waals surface area contributed by atoms with E-state index in [9.17, 15) is 14.2 Å². The van der Waals surface area contributed by atoms with Crippen molar-refractivity contribution in [3.8, 4) is 5.75 Å². The average Bonchev–Trinajstić information content (AvgIpc) is 2.61. The Morgan fingerprint density at radius 2 is 1.00 bits per heavy atom. The predicted molar refractivity (Wildman–Crippen MR) is 130 cm³/mol. The van der Waals surface area contributed by atoms with Crippen LogP contribution in [0.5, 0.6) is 5.75 Å². The van der Waals surface area contributed by atoms with Gasteiger partial charge in [0.1, 0.15) is 5.75 Å². The maximum Gasteiger partial charge on any atom is 0.350 e. The molecule has 0 atom stereocenters. The van der Waals surface area contributed by atoms with Gasteiger partial charge in [-0.25, -0.2) is 0 Å². The van der Waals surface area contributed by atoms with Crippen molar-refractivity contribution in [3.63, 3.8) is 0 Å². The average molecular weight is 493 g/mol. The van der Waals surface area contributed by atoms with Crippen LogP contribution in [-0.4, -0.2) is 31.5 Å². The first-order chi connectivity index (χ1) is 14.6. The highest BCUT2D eigenvalue weighted by molar-refractivity contribution is 7.72. The molecule has 0 radical (unpaired) electrons. The second kappa shape index (κ2) is 11.2. The summed E-state index contributed by atoms with van der Waals surface area (Å²) < 4.78 is 50.7. The summed E-state index contributed by atoms with van der Waals surface area (Å²) in [6.07, 6.45) is 0. The first-order valence-electron chi connectivity index (χ1n) is 11.3. The molecule has 0 fully saturated rings. The third-order valence-electron chi connectivity index (χ3n) is 4.88. The van der Waals surface area contributed by atoms with Crippen molar-refractivity contribution in [1.82, 2.24) is 0 Å². The lowest BCUT2D eigenvalue weighted by Crippen LogP contribution is -2.19. The quantitative estimate of drug-likeness (QED) is 0.319. The predicted octanol–water partition coefficient (Wildman–Crippen LogP) is 7.52. The molecule has 1 N–H and O–H groups in total. The van der Waals surface area contributed by atoms with Gasteiger partial charge in [-0.1, -0.05) is 41.5 Å². The summed E-state index contributed by atoms with van der Waals surface area (Å²) in [5, 5.41) is 9.83. The lowest BCUT2D eigenvalue weighted by molar-refractivity contribution is 0.195. The highest BCUT2D eigenvalue weighted by atomic mass is 31.2. The third-order valence-corrected chi connectivity index (χ3v) is 10.8. The lowest BCUT2D eigenvalue weighted by Gasteiger charge is -2.34. The number of phenols is 1. The highest BCUT2D eigenvalue weighted by Crippen LogP contribution is 2.78. The van der Waals surface area contributed by atoms with E-state index in [4.69, 9.17) is 18.1 Å². The Bertz CT molecular complexity index is 768. The van der Waals surface area contributed by atoms with E-state index >= 15 is 0 Å². The van der Waals surface area contributed by atoms with Crippen LogP contribution in [0.3, 0.4) is 0 Å². The van der Waals surface area contributed by atoms with Gasteiger partial charge < -0.3 is 23.2 Å². The van der Waals surface area contributed by atoms with E-state index in [1.54, 1.807) is 39.8 Å². The zero-order valence-corrected chi connectivity index (χ0v) is 23.1. The fourth-order valence-electron chi connectivity index (χ4n) is 3.56. The van der Waals surface area contributed by atoms with Crippen molar-refractivity contribution in [3.05, 3.63) is 28.8 Å². The van der Waals surface area contributed by atoms with Crippen LogP contribution in [0, 0.1) is 0 Å². The first-order valence-corrected chi connectivity index (χ1v) is 14.5. The summed E-state index contributed by atoms with van der Waals surface area (Å²) in [5.41, 5.74) is 0.848. The molecule has 0 aliphatic heterocycles. The Labute approximate surface area is 194 Å². The molecule has 0 aliphatic carbocycles. The van der Waals surface area contributed by atoms with E-state index in [0.717, 1.165) is 0 Å². The molecule has 0 bridgehead atoms. The fourth-order valence-corrected chi connectivity index (χ4v) is 8.93. The van der Waals surface area contributed by atoms with Gasteiger partial charge in [0, 0.05) is 0 Å². The molecule has 186 valence electrons. The number of phenolic OH excluding ortho intramolecular Hbond substituents is 1. The second-order valence-electron chi connectivity index (χ2n) is 9.59. The molecule has 1 aromatic rings. The zero-order valence-electron chi connectivity index (χ0n) is 21.4. The smallest absolute Gasteiger partial charge is 0.350 e. The molecule has 0 saturated heterocycles. The van der Waals surface area contributed by atoms with E-state index in [-0.39, 0.29) is 32.2 Å². The van der Waals surface area contributed by atoms with Crippen LogP contribution in [0.1, 0.15) is 91.3 Å². The topological polar surface area (TPSA) is 91.3 Å². The summed E-state index contributed by atoms with van der Waals surface area (Å²) in [5.74, 6) is 0.165. The highest BCUT2D eigenvalue weighted by Gasteiger charge is 2.52. The fraction of sp³-hybridized carbons (Fsp3) is 0.739. The number of hydrogen-bond donors (Lipinski definition) is 1. The molecule has 1 rings (SSSR count). The lowest BCUT2D eigenvalue weighted by atomic mass is 9.78. The Morgan fingerprint density at radius 3 is 1.22 bits per heavy atom. The van der Waals surface area contributed by atoms with E-state index in [0.29, 0.717) is 16.7 Å². The van der Waals surface area contributed by atoms with E-state index in [1.165, 1.54) is 0 Å². The van der Waals surface area contributed by atoms with Crippen molar-refractivity contribution in [2.45, 2.75) is 85.5 Å². The van der Waals surface area contributed by atoms with Crippen molar-refractivity contribution < 1.29 is 32.3 Å². The molecule has 0 unspecified atom stereocenters. The molecule has 32 heavy (non-hydrogen) atoms. The molecule has 7 nitrogen and oxygen atoms in total. The van der Waals surface area contributed by atoms with Gasteiger partial charge >= 0.3 is 15.2 Å². The number of benzene rings is 1. The van der Waals surface area contributed by atoms with Gasteiger partial charge in [0.2, 0.25) is 0 Å². The second-order valence-corrected chi connectivity index (χ2v) is 14.2. The van der Waals surface area contributed by atoms with Gasteiger partial charge in [-0.05, 0) is 67.3 Å². The molecular weight excluding hydrogens is 450 g/mol. The Hall–Kier alpha value is -0.680. The zero-order chi connectivity index (χ0) is 25.0. The molecule has 9 heteroatoms. The molecule has 0 heterocycles. The Morgan fingerprint density at radius 1 is 0.719 bits per heavy atom. The molecule has 0 spiro atoms. The van der Waals surface area contributed by atoms with E-state index in [2.05, 4.69) is 0 Å². The minimum absolute atomic E-state index is 0.0996. The number of aromatic hydroxyl groups is 1. The van der Waals surface area contributed by atoms with Crippen LogP contribution in [0.2, 0.25) is 0 Å². The van der Waals surface area contributed by atoms with E-state index < -0.39 is 31.4 Å². The van der Waals surface area contributed by atoms with Gasteiger partial charge in [0.25, 0.3) is 0 Å². The largest absolute Gasteiger partial charge is 0.507 e. The summed E-state index contributed by atoms with van der Waals surface area (Å²) in [6, 6.07) is 3.45. The maximum atomic E-state index is 14.1. The molecular formula is C23H42O7P2. The summed E-state index contributed by atoms with van der Waals surface area (Å²) in [4.78, 5) is 0. The van der Waals surface area contributed by atoms with Gasteiger partial charge in [0.05, 0.1) is 26.4 Å². The minimum Gasteiger partial charge on any atom is -0.507 e. The molecule has 1 aromatic carbocycles. The van der Waals surface area contributed by atoms with Gasteiger partial charge in [-0.3, -0.25) is 9.13 Å². The number of rotatable bonds is 11. The normalized spacial score (nSPS) is 13.7. The molecule has 0 amide bonds. The molecule has 0 saturated carbocycles. The van der Waals surface area contributed by atoms with Crippen molar-refractivity contribution in [2.24, 2.45) is 0 Å². The minimum atomic E-state index is -3.99. The van der Waals surface area contributed by atoms with Gasteiger partial charge in [0.15, 0.2) is 5.40 Å². The van der Waals surface area contributed by atoms with Crippen LogP contribution in [0.15, 0.2) is 12.1 Å². The van der Waals surface area contributed by atoms with E-state index in [1.807, 2.05) is 41.5 Å². The third kappa shape index (κ3) is 6.68. The number of hydrogen-bond acceptors (Lipinski definition) is 7. The Kier molecular flexibility index (Phi) is 10.2. The van der Waals surface area contributed by atoms with Crippen LogP contribution in [-0.2, 0) is 38.1 Å². The summed E-state index contributed by atoms with van der Waals surface area (Å²) in [6.45, 7) is 19.1. The summed E-state index contributed by atoms with van der Waals surface area (Å²) in [7, 11) is -7.97. The van der Waals surface area contributed by atoms with Crippen molar-refractivity contribution >= 4 is 15.2 Å². The first kappa shape index (κ1) is 29.4. The molecule has 0 aliphatic rings. The van der Waals surface area contributed by atoms with Crippen LogP contribution in [0.25, 0.3) is 0 Å². The van der Waals surface area contributed by atoms with Gasteiger partial charge in [-0.2, -0.15) is 0 Å². The maximum absolute atomic E-state index is 14.1. The van der Waals surface area contributed by atoms with Gasteiger partial charge in [-0.15, -0.1) is 0 Å². The summed E-state index contributed by atoms with van der Waals surface area (Å²) >= 11 is 0. The van der Waals surface area contributed by atoms with Crippen LogP contribution < -0.4 is 0 Å². The van der Waals surface area contributed by atoms with Crippen molar-refractivity contribution in [1.29, 1.82) is 0 Å². The standard InChI is InChI=1S/C23H42O7P2/c1-11-27-31(25,28-12-2)21(32(26,29-13-3)30-14-4)17-15-18(22(5,6)7)20(24)19(16-17)23(8,9)10/h15-16,21,24H,11-14H2,1-10H3. The Balaban J connectivity index is 4.11. The molecule has 0 aromatic heterocycles. The monoisotopic (exact) mass is 492 g/mol. The van der Waals surface area contributed by atoms with Crippen LogP contribution >= 0.6 is 15.2 Å². The van der Waals surface area contributed by atoms with Crippen molar-refractivity contribution in [2.75, 3.05) is 26.4 Å². The SMILES string of the molecule is CCOP(=O)(OCC)C(c1cc(C(C)(C)C)c(O)c(C(C)(C)C)c1)P(=O)(OCC)OCC.